The topological polar surface area (TPSA) is 49.7 Å². The molecule has 3 nitrogen and oxygen atoms in total. The van der Waals surface area contributed by atoms with Gasteiger partial charge in [-0.1, -0.05) is 17.3 Å². The average Bonchev–Trinajstić information content (AvgIpc) is 2.48. The molecule has 1 N–H and O–H groups in total. The summed E-state index contributed by atoms with van der Waals surface area (Å²) in [4.78, 5) is 11.3. The van der Waals surface area contributed by atoms with Gasteiger partial charge in [-0.3, -0.25) is 4.79 Å². The summed E-state index contributed by atoms with van der Waals surface area (Å²) in [6.07, 6.45) is 2.78. The summed E-state index contributed by atoms with van der Waals surface area (Å²) in [6, 6.07) is 5.46. The summed E-state index contributed by atoms with van der Waals surface area (Å²) in [5, 5.41) is 11.3. The van der Waals surface area contributed by atoms with Gasteiger partial charge in [0.2, 0.25) is 0 Å². The summed E-state index contributed by atoms with van der Waals surface area (Å²) in [5.74, 6) is 0.211. The molecule has 1 aliphatic rings. The quantitative estimate of drug-likeness (QED) is 0.400. The van der Waals surface area contributed by atoms with Gasteiger partial charge in [-0.25, -0.2) is 0 Å². The maximum absolute atomic E-state index is 11.3. The van der Waals surface area contributed by atoms with E-state index in [0.717, 1.165) is 23.1 Å². The number of fused-ring (bicyclic) bond motifs is 1. The molecule has 1 aromatic carbocycles. The van der Waals surface area contributed by atoms with Gasteiger partial charge in [0, 0.05) is 12.0 Å². The van der Waals surface area contributed by atoms with Crippen molar-refractivity contribution >= 4 is 12.0 Å². The first-order valence-corrected chi connectivity index (χ1v) is 4.15. The molecule has 0 saturated heterocycles. The number of benzene rings is 1. The van der Waals surface area contributed by atoms with Crippen LogP contribution in [-0.2, 0) is 6.42 Å². The first-order chi connectivity index (χ1) is 6.31. The summed E-state index contributed by atoms with van der Waals surface area (Å²) in [6.45, 7) is 0. The smallest absolute Gasteiger partial charge is 0.163 e. The maximum atomic E-state index is 11.3. The van der Waals surface area contributed by atoms with Crippen molar-refractivity contribution in [2.45, 2.75) is 12.8 Å². The minimum atomic E-state index is 0.211. The van der Waals surface area contributed by atoms with Gasteiger partial charge >= 0.3 is 0 Å². The lowest BCUT2D eigenvalue weighted by atomic mass is 10.1. The van der Waals surface area contributed by atoms with E-state index in [9.17, 15) is 4.79 Å². The van der Waals surface area contributed by atoms with Crippen molar-refractivity contribution < 1.29 is 10.0 Å². The fraction of sp³-hybridized carbons (Fsp3) is 0.200. The van der Waals surface area contributed by atoms with Crippen molar-refractivity contribution in [3.05, 3.63) is 34.9 Å². The molecule has 0 heterocycles. The minimum Gasteiger partial charge on any atom is -0.411 e. The Morgan fingerprint density at radius 1 is 1.38 bits per heavy atom. The van der Waals surface area contributed by atoms with Gasteiger partial charge in [0.25, 0.3) is 0 Å². The predicted octanol–water partition coefficient (Wildman–Crippen LogP) is 1.62. The number of aryl methyl sites for hydroxylation is 1. The van der Waals surface area contributed by atoms with Crippen LogP contribution in [0.5, 0.6) is 0 Å². The molecule has 13 heavy (non-hydrogen) atoms. The summed E-state index contributed by atoms with van der Waals surface area (Å²) in [7, 11) is 0. The fourth-order valence-corrected chi connectivity index (χ4v) is 1.62. The molecule has 1 aliphatic carbocycles. The zero-order valence-electron chi connectivity index (χ0n) is 7.03. The molecule has 0 radical (unpaired) electrons. The van der Waals surface area contributed by atoms with Crippen molar-refractivity contribution in [2.75, 3.05) is 0 Å². The molecule has 0 saturated carbocycles. The largest absolute Gasteiger partial charge is 0.411 e. The van der Waals surface area contributed by atoms with E-state index in [1.165, 1.54) is 6.21 Å². The second kappa shape index (κ2) is 3.01. The first-order valence-electron chi connectivity index (χ1n) is 4.15. The SMILES string of the molecule is O=C1CCc2cc(/C=N\O)ccc21. The van der Waals surface area contributed by atoms with Gasteiger partial charge in [0.05, 0.1) is 6.21 Å². The molecule has 0 atom stereocenters. The summed E-state index contributed by atoms with van der Waals surface area (Å²) < 4.78 is 0. The molecule has 1 aromatic rings. The standard InChI is InChI=1S/C10H9NO2/c12-10-4-2-8-5-7(6-11-13)1-3-9(8)10/h1,3,5-6,13H,2,4H2/b11-6-. The van der Waals surface area contributed by atoms with Gasteiger partial charge in [0.15, 0.2) is 5.78 Å². The Hall–Kier alpha value is -1.64. The van der Waals surface area contributed by atoms with Crippen LogP contribution < -0.4 is 0 Å². The van der Waals surface area contributed by atoms with Crippen molar-refractivity contribution in [3.8, 4) is 0 Å². The molecule has 0 amide bonds. The molecule has 0 aromatic heterocycles. The third-order valence-electron chi connectivity index (χ3n) is 2.26. The van der Waals surface area contributed by atoms with Crippen molar-refractivity contribution in [1.29, 1.82) is 0 Å². The molecule has 0 spiro atoms. The number of Topliss-reactive ketones (excluding diaryl/α,β-unsaturated/α-hetero) is 1. The normalized spacial score (nSPS) is 15.2. The third-order valence-corrected chi connectivity index (χ3v) is 2.26. The Morgan fingerprint density at radius 3 is 3.00 bits per heavy atom. The number of carbonyl (C=O) groups is 1. The Kier molecular flexibility index (Phi) is 1.85. The zero-order chi connectivity index (χ0) is 9.26. The van der Waals surface area contributed by atoms with Gasteiger partial charge in [-0.2, -0.15) is 0 Å². The van der Waals surface area contributed by atoms with E-state index in [1.807, 2.05) is 6.07 Å². The average molecular weight is 175 g/mol. The van der Waals surface area contributed by atoms with E-state index in [4.69, 9.17) is 5.21 Å². The van der Waals surface area contributed by atoms with Crippen LogP contribution in [0.15, 0.2) is 23.4 Å². The van der Waals surface area contributed by atoms with Gasteiger partial charge in [-0.05, 0) is 23.6 Å². The Labute approximate surface area is 75.7 Å². The van der Waals surface area contributed by atoms with Crippen LogP contribution >= 0.6 is 0 Å². The van der Waals surface area contributed by atoms with Crippen LogP contribution in [0.3, 0.4) is 0 Å². The second-order valence-electron chi connectivity index (χ2n) is 3.08. The molecule has 0 unspecified atom stereocenters. The maximum Gasteiger partial charge on any atom is 0.163 e. The van der Waals surface area contributed by atoms with E-state index >= 15 is 0 Å². The van der Waals surface area contributed by atoms with Gasteiger partial charge in [-0.15, -0.1) is 0 Å². The van der Waals surface area contributed by atoms with E-state index in [2.05, 4.69) is 5.16 Å². The lowest BCUT2D eigenvalue weighted by molar-refractivity contribution is 0.0994. The van der Waals surface area contributed by atoms with Crippen molar-refractivity contribution in [3.63, 3.8) is 0 Å². The van der Waals surface area contributed by atoms with Crippen LogP contribution in [0.4, 0.5) is 0 Å². The van der Waals surface area contributed by atoms with Crippen molar-refractivity contribution in [1.82, 2.24) is 0 Å². The first kappa shape index (κ1) is 7.98. The molecular formula is C10H9NO2. The molecule has 3 heteroatoms. The summed E-state index contributed by atoms with van der Waals surface area (Å²) in [5.41, 5.74) is 2.70. The van der Waals surface area contributed by atoms with Crippen LogP contribution in [-0.4, -0.2) is 17.2 Å². The molecule has 2 rings (SSSR count). The predicted molar refractivity (Wildman–Crippen MR) is 48.5 cm³/mol. The van der Waals surface area contributed by atoms with Crippen molar-refractivity contribution in [2.24, 2.45) is 5.16 Å². The second-order valence-corrected chi connectivity index (χ2v) is 3.08. The Bertz CT molecular complexity index is 383. The third kappa shape index (κ3) is 1.33. The highest BCUT2D eigenvalue weighted by molar-refractivity contribution is 6.01. The lowest BCUT2D eigenvalue weighted by Crippen LogP contribution is -1.91. The highest BCUT2D eigenvalue weighted by Crippen LogP contribution is 2.22. The number of carbonyl (C=O) groups excluding carboxylic acids is 1. The molecule has 0 aliphatic heterocycles. The highest BCUT2D eigenvalue weighted by atomic mass is 16.4. The highest BCUT2D eigenvalue weighted by Gasteiger charge is 2.18. The molecular weight excluding hydrogens is 166 g/mol. The van der Waals surface area contributed by atoms with Crippen LogP contribution in [0.25, 0.3) is 0 Å². The number of oxime groups is 1. The molecule has 0 bridgehead atoms. The van der Waals surface area contributed by atoms with E-state index < -0.39 is 0 Å². The monoisotopic (exact) mass is 175 g/mol. The molecule has 0 fully saturated rings. The summed E-state index contributed by atoms with van der Waals surface area (Å²) >= 11 is 0. The number of nitrogens with zero attached hydrogens (tertiary/aromatic N) is 1. The minimum absolute atomic E-state index is 0.211. The Balaban J connectivity index is 2.45. The van der Waals surface area contributed by atoms with Gasteiger partial charge < -0.3 is 5.21 Å². The van der Waals surface area contributed by atoms with E-state index in [1.54, 1.807) is 12.1 Å². The fourth-order valence-electron chi connectivity index (χ4n) is 1.62. The zero-order valence-corrected chi connectivity index (χ0v) is 7.03. The van der Waals surface area contributed by atoms with E-state index in [0.29, 0.717) is 6.42 Å². The number of rotatable bonds is 1. The molecule has 66 valence electrons. The van der Waals surface area contributed by atoms with E-state index in [-0.39, 0.29) is 5.78 Å². The number of hydrogen-bond donors (Lipinski definition) is 1. The number of ketones is 1. The Morgan fingerprint density at radius 2 is 2.23 bits per heavy atom. The van der Waals surface area contributed by atoms with Crippen LogP contribution in [0.1, 0.15) is 27.9 Å². The van der Waals surface area contributed by atoms with Crippen LogP contribution in [0, 0.1) is 0 Å². The number of hydrogen-bond acceptors (Lipinski definition) is 3. The van der Waals surface area contributed by atoms with Gasteiger partial charge in [0.1, 0.15) is 0 Å². The lowest BCUT2D eigenvalue weighted by Gasteiger charge is -1.97. The van der Waals surface area contributed by atoms with Crippen LogP contribution in [0.2, 0.25) is 0 Å².